The van der Waals surface area contributed by atoms with Crippen LogP contribution < -0.4 is 4.72 Å². The van der Waals surface area contributed by atoms with Gasteiger partial charge in [0.1, 0.15) is 0 Å². The Labute approximate surface area is 99.7 Å². The van der Waals surface area contributed by atoms with Gasteiger partial charge in [-0.25, -0.2) is 8.93 Å². The van der Waals surface area contributed by atoms with Gasteiger partial charge in [0, 0.05) is 6.54 Å². The van der Waals surface area contributed by atoms with E-state index in [1.165, 1.54) is 5.56 Å². The molecule has 0 aromatic heterocycles. The average molecular weight is 241 g/mol. The molecule has 0 bridgehead atoms. The number of nitrogens with one attached hydrogen (secondary N) is 1. The molecular formula is C12H19NO2S. The summed E-state index contributed by atoms with van der Waals surface area (Å²) in [5.41, 5.74) is 1.27. The van der Waals surface area contributed by atoms with Crippen molar-refractivity contribution in [1.82, 2.24) is 4.72 Å². The van der Waals surface area contributed by atoms with E-state index in [1.807, 2.05) is 18.2 Å². The van der Waals surface area contributed by atoms with Crippen molar-refractivity contribution >= 4 is 11.3 Å². The Balaban J connectivity index is 2.54. The molecule has 3 nitrogen and oxygen atoms in total. The molecule has 2 atom stereocenters. The van der Waals surface area contributed by atoms with E-state index in [4.69, 9.17) is 4.55 Å². The van der Waals surface area contributed by atoms with Gasteiger partial charge >= 0.3 is 0 Å². The van der Waals surface area contributed by atoms with Gasteiger partial charge in [0.15, 0.2) is 0 Å². The first-order valence-electron chi connectivity index (χ1n) is 5.48. The second-order valence-electron chi connectivity index (χ2n) is 4.29. The van der Waals surface area contributed by atoms with E-state index in [-0.39, 0.29) is 0 Å². The van der Waals surface area contributed by atoms with E-state index in [0.717, 1.165) is 6.42 Å². The molecule has 0 heterocycles. The third-order valence-corrected chi connectivity index (χ3v) is 3.17. The first-order chi connectivity index (χ1) is 7.59. The van der Waals surface area contributed by atoms with E-state index in [0.29, 0.717) is 18.4 Å². The van der Waals surface area contributed by atoms with Gasteiger partial charge in [-0.3, -0.25) is 4.55 Å². The number of hydrogen-bond donors (Lipinski definition) is 2. The van der Waals surface area contributed by atoms with E-state index in [9.17, 15) is 4.21 Å². The van der Waals surface area contributed by atoms with Crippen LogP contribution in [0.1, 0.15) is 19.4 Å². The SMILES string of the molecule is CC(C)C(CNS(=O)O)Cc1ccccc1. The molecule has 0 amide bonds. The minimum absolute atomic E-state index is 0.374. The van der Waals surface area contributed by atoms with Crippen molar-refractivity contribution in [2.24, 2.45) is 11.8 Å². The Bertz CT molecular complexity index is 327. The van der Waals surface area contributed by atoms with E-state index >= 15 is 0 Å². The molecule has 1 aromatic rings. The lowest BCUT2D eigenvalue weighted by Crippen LogP contribution is -2.28. The Morgan fingerprint density at radius 2 is 1.94 bits per heavy atom. The predicted octanol–water partition coefficient (Wildman–Crippen LogP) is 2.23. The summed E-state index contributed by atoms with van der Waals surface area (Å²) in [6.07, 6.45) is 0.933. The van der Waals surface area contributed by atoms with Crippen LogP contribution in [0, 0.1) is 11.8 Å². The maximum absolute atomic E-state index is 10.6. The maximum Gasteiger partial charge on any atom is 0.231 e. The highest BCUT2D eigenvalue weighted by Crippen LogP contribution is 2.16. The summed E-state index contributed by atoms with van der Waals surface area (Å²) in [6, 6.07) is 10.2. The van der Waals surface area contributed by atoms with Crippen LogP contribution in [0.15, 0.2) is 30.3 Å². The summed E-state index contributed by atoms with van der Waals surface area (Å²) in [5, 5.41) is 0. The molecule has 0 aliphatic carbocycles. The van der Waals surface area contributed by atoms with Gasteiger partial charge in [0.2, 0.25) is 11.3 Å². The molecule has 0 spiro atoms. The van der Waals surface area contributed by atoms with Crippen LogP contribution in [0.25, 0.3) is 0 Å². The Morgan fingerprint density at radius 3 is 2.44 bits per heavy atom. The molecular weight excluding hydrogens is 222 g/mol. The number of hydrogen-bond acceptors (Lipinski definition) is 1. The van der Waals surface area contributed by atoms with Gasteiger partial charge in [-0.05, 0) is 23.8 Å². The summed E-state index contributed by atoms with van der Waals surface area (Å²) in [5.74, 6) is 0.856. The fourth-order valence-corrected chi connectivity index (χ4v) is 2.00. The molecule has 2 N–H and O–H groups in total. The lowest BCUT2D eigenvalue weighted by molar-refractivity contribution is 0.378. The van der Waals surface area contributed by atoms with Gasteiger partial charge in [0.05, 0.1) is 0 Å². The van der Waals surface area contributed by atoms with Crippen LogP contribution in [0.4, 0.5) is 0 Å². The topological polar surface area (TPSA) is 49.3 Å². The van der Waals surface area contributed by atoms with Crippen molar-refractivity contribution < 1.29 is 8.76 Å². The lowest BCUT2D eigenvalue weighted by atomic mass is 9.89. The Kier molecular flexibility index (Phi) is 5.66. The summed E-state index contributed by atoms with van der Waals surface area (Å²) in [7, 11) is 0. The molecule has 0 radical (unpaired) electrons. The number of benzene rings is 1. The van der Waals surface area contributed by atoms with Gasteiger partial charge in [-0.2, -0.15) is 0 Å². The van der Waals surface area contributed by atoms with Gasteiger partial charge in [-0.1, -0.05) is 44.2 Å². The highest BCUT2D eigenvalue weighted by Gasteiger charge is 2.14. The highest BCUT2D eigenvalue weighted by molar-refractivity contribution is 7.77. The first kappa shape index (κ1) is 13.4. The molecule has 0 aliphatic heterocycles. The van der Waals surface area contributed by atoms with Crippen LogP contribution in [0.5, 0.6) is 0 Å². The summed E-state index contributed by atoms with van der Waals surface area (Å²) in [6.45, 7) is 4.83. The highest BCUT2D eigenvalue weighted by atomic mass is 32.2. The zero-order chi connectivity index (χ0) is 12.0. The van der Waals surface area contributed by atoms with Crippen LogP contribution >= 0.6 is 0 Å². The van der Waals surface area contributed by atoms with Crippen LogP contribution in [0.3, 0.4) is 0 Å². The third-order valence-electron chi connectivity index (χ3n) is 2.75. The normalized spacial score (nSPS) is 15.0. The predicted molar refractivity (Wildman–Crippen MR) is 67.2 cm³/mol. The Hall–Kier alpha value is -0.710. The zero-order valence-electron chi connectivity index (χ0n) is 9.72. The van der Waals surface area contributed by atoms with E-state index in [1.54, 1.807) is 0 Å². The molecule has 0 aliphatic rings. The van der Waals surface area contributed by atoms with Crippen LogP contribution in [-0.2, 0) is 17.7 Å². The molecule has 0 saturated carbocycles. The minimum atomic E-state index is -1.91. The fourth-order valence-electron chi connectivity index (χ4n) is 1.64. The zero-order valence-corrected chi connectivity index (χ0v) is 10.5. The largest absolute Gasteiger partial charge is 0.294 e. The van der Waals surface area contributed by atoms with Crippen molar-refractivity contribution in [3.8, 4) is 0 Å². The summed E-state index contributed by atoms with van der Waals surface area (Å²) >= 11 is -1.91. The van der Waals surface area contributed by atoms with Crippen molar-refractivity contribution in [3.05, 3.63) is 35.9 Å². The maximum atomic E-state index is 10.6. The molecule has 4 heteroatoms. The quantitative estimate of drug-likeness (QED) is 0.750. The molecule has 1 aromatic carbocycles. The van der Waals surface area contributed by atoms with Crippen molar-refractivity contribution in [2.75, 3.05) is 6.54 Å². The Morgan fingerprint density at radius 1 is 1.31 bits per heavy atom. The standard InChI is InChI=1S/C12H19NO2S/c1-10(2)12(9-13-16(14)15)8-11-6-4-3-5-7-11/h3-7,10,12-13H,8-9H2,1-2H3,(H,14,15). The third kappa shape index (κ3) is 4.88. The van der Waals surface area contributed by atoms with Gasteiger partial charge in [-0.15, -0.1) is 0 Å². The van der Waals surface area contributed by atoms with Crippen molar-refractivity contribution in [2.45, 2.75) is 20.3 Å². The number of rotatable bonds is 6. The fraction of sp³-hybridized carbons (Fsp3) is 0.500. The molecule has 16 heavy (non-hydrogen) atoms. The molecule has 1 rings (SSSR count). The van der Waals surface area contributed by atoms with Crippen molar-refractivity contribution in [1.29, 1.82) is 0 Å². The monoisotopic (exact) mass is 241 g/mol. The van der Waals surface area contributed by atoms with Crippen LogP contribution in [-0.4, -0.2) is 15.3 Å². The van der Waals surface area contributed by atoms with Crippen molar-refractivity contribution in [3.63, 3.8) is 0 Å². The molecule has 0 fully saturated rings. The molecule has 90 valence electrons. The second-order valence-corrected chi connectivity index (χ2v) is 5.08. The van der Waals surface area contributed by atoms with E-state index in [2.05, 4.69) is 30.7 Å². The lowest BCUT2D eigenvalue weighted by Gasteiger charge is -2.20. The van der Waals surface area contributed by atoms with Crippen LogP contribution in [0.2, 0.25) is 0 Å². The summed E-state index contributed by atoms with van der Waals surface area (Å²) in [4.78, 5) is 0. The second kappa shape index (κ2) is 6.78. The minimum Gasteiger partial charge on any atom is -0.294 e. The van der Waals surface area contributed by atoms with E-state index < -0.39 is 11.3 Å². The van der Waals surface area contributed by atoms with Gasteiger partial charge in [0.25, 0.3) is 0 Å². The average Bonchev–Trinajstić information content (AvgIpc) is 2.25. The van der Waals surface area contributed by atoms with Gasteiger partial charge < -0.3 is 0 Å². The molecule has 0 saturated heterocycles. The first-order valence-corrected chi connectivity index (χ1v) is 6.58. The summed E-state index contributed by atoms with van der Waals surface area (Å²) < 4.78 is 21.9. The molecule has 2 unspecified atom stereocenters. The smallest absolute Gasteiger partial charge is 0.231 e.